The quantitative estimate of drug-likeness (QED) is 0.694. The highest BCUT2D eigenvalue weighted by atomic mass is 19.1. The number of hydrogen-bond acceptors (Lipinski definition) is 5. The molecule has 0 spiro atoms. The van der Waals surface area contributed by atoms with Crippen molar-refractivity contribution in [3.63, 3.8) is 0 Å². The lowest BCUT2D eigenvalue weighted by Gasteiger charge is -2.33. The van der Waals surface area contributed by atoms with Crippen LogP contribution < -0.4 is 15.4 Å². The second kappa shape index (κ2) is 8.47. The number of amides is 3. The molecule has 2 N–H and O–H groups in total. The number of esters is 1. The molecule has 0 fully saturated rings. The van der Waals surface area contributed by atoms with Crippen LogP contribution in [0.2, 0.25) is 0 Å². The number of nitrogens with zero attached hydrogens (tertiary/aromatic N) is 1. The second-order valence-electron chi connectivity index (χ2n) is 6.93. The molecule has 0 bridgehead atoms. The maximum absolute atomic E-state index is 13.1. The first-order valence-corrected chi connectivity index (χ1v) is 9.73. The van der Waals surface area contributed by atoms with Gasteiger partial charge in [0.25, 0.3) is 0 Å². The highest BCUT2D eigenvalue weighted by molar-refractivity contribution is 6.00. The number of hydrogen-bond donors (Lipinski definition) is 2. The van der Waals surface area contributed by atoms with Crippen LogP contribution in [-0.2, 0) is 14.3 Å². The molecule has 0 aliphatic carbocycles. The normalized spacial score (nSPS) is 17.7. The molecule has 8 nitrogen and oxygen atoms in total. The van der Waals surface area contributed by atoms with Crippen molar-refractivity contribution in [1.29, 1.82) is 0 Å². The van der Waals surface area contributed by atoms with E-state index in [1.54, 1.807) is 24.3 Å². The monoisotopic (exact) mass is 425 g/mol. The molecule has 2 aliphatic heterocycles. The number of halogens is 1. The Labute approximate surface area is 177 Å². The Morgan fingerprint density at radius 1 is 1.23 bits per heavy atom. The Hall–Kier alpha value is -3.88. The molecule has 0 saturated carbocycles. The Kier molecular flexibility index (Phi) is 5.57. The van der Waals surface area contributed by atoms with Gasteiger partial charge in [0.05, 0.1) is 23.9 Å². The van der Waals surface area contributed by atoms with E-state index >= 15 is 0 Å². The second-order valence-corrected chi connectivity index (χ2v) is 6.93. The lowest BCUT2D eigenvalue weighted by Crippen LogP contribution is -2.49. The highest BCUT2D eigenvalue weighted by Crippen LogP contribution is 2.38. The fraction of sp³-hybridized carbons (Fsp3) is 0.227. The van der Waals surface area contributed by atoms with Gasteiger partial charge in [-0.1, -0.05) is 18.2 Å². The Morgan fingerprint density at radius 3 is 2.71 bits per heavy atom. The summed E-state index contributed by atoms with van der Waals surface area (Å²) in [6.45, 7) is 1.81. The predicted molar refractivity (Wildman–Crippen MR) is 109 cm³/mol. The SMILES string of the molecule is CCOc1ccccc1C1NC(=O)N(CC(=O)Nc2ccc(F)cc2)C2=C1C(=O)OC2. The summed E-state index contributed by atoms with van der Waals surface area (Å²) in [6.07, 6.45) is 0. The summed E-state index contributed by atoms with van der Waals surface area (Å²) < 4.78 is 23.9. The van der Waals surface area contributed by atoms with Gasteiger partial charge in [-0.15, -0.1) is 0 Å². The molecule has 1 atom stereocenters. The molecule has 2 aliphatic rings. The Morgan fingerprint density at radius 2 is 1.97 bits per heavy atom. The van der Waals surface area contributed by atoms with Gasteiger partial charge in [0.15, 0.2) is 0 Å². The van der Waals surface area contributed by atoms with Crippen LogP contribution in [-0.4, -0.2) is 42.6 Å². The van der Waals surface area contributed by atoms with E-state index in [1.807, 2.05) is 6.92 Å². The molecule has 2 heterocycles. The van der Waals surface area contributed by atoms with Crippen molar-refractivity contribution in [3.8, 4) is 5.75 Å². The summed E-state index contributed by atoms with van der Waals surface area (Å²) >= 11 is 0. The fourth-order valence-electron chi connectivity index (χ4n) is 3.59. The minimum atomic E-state index is -0.753. The van der Waals surface area contributed by atoms with E-state index in [4.69, 9.17) is 9.47 Å². The lowest BCUT2D eigenvalue weighted by atomic mass is 9.95. The smallest absolute Gasteiger partial charge is 0.338 e. The van der Waals surface area contributed by atoms with Crippen LogP contribution in [0.1, 0.15) is 18.5 Å². The summed E-state index contributed by atoms with van der Waals surface area (Å²) in [5, 5.41) is 5.38. The van der Waals surface area contributed by atoms with Gasteiger partial charge in [-0.05, 0) is 37.3 Å². The predicted octanol–water partition coefficient (Wildman–Crippen LogP) is 2.74. The maximum atomic E-state index is 13.1. The van der Waals surface area contributed by atoms with Gasteiger partial charge >= 0.3 is 12.0 Å². The first-order valence-electron chi connectivity index (χ1n) is 9.73. The number of ether oxygens (including phenoxy) is 2. The Balaban J connectivity index is 1.61. The first kappa shape index (κ1) is 20.4. The lowest BCUT2D eigenvalue weighted by molar-refractivity contribution is -0.136. The van der Waals surface area contributed by atoms with Crippen molar-refractivity contribution in [2.75, 3.05) is 25.1 Å². The third-order valence-corrected chi connectivity index (χ3v) is 4.96. The van der Waals surface area contributed by atoms with Gasteiger partial charge in [0.2, 0.25) is 5.91 Å². The average Bonchev–Trinajstić information content (AvgIpc) is 3.14. The van der Waals surface area contributed by atoms with Crippen molar-refractivity contribution in [1.82, 2.24) is 10.2 Å². The van der Waals surface area contributed by atoms with Crippen molar-refractivity contribution in [3.05, 3.63) is 71.2 Å². The summed E-state index contributed by atoms with van der Waals surface area (Å²) in [6, 6.07) is 11.1. The van der Waals surface area contributed by atoms with Gasteiger partial charge in [0, 0.05) is 11.3 Å². The molecule has 9 heteroatoms. The van der Waals surface area contributed by atoms with Crippen LogP contribution in [0, 0.1) is 5.82 Å². The van der Waals surface area contributed by atoms with E-state index in [-0.39, 0.29) is 18.7 Å². The highest BCUT2D eigenvalue weighted by Gasteiger charge is 2.43. The number of rotatable bonds is 6. The average molecular weight is 425 g/mol. The number of anilines is 1. The molecule has 4 rings (SSSR count). The van der Waals surface area contributed by atoms with Crippen LogP contribution in [0.25, 0.3) is 0 Å². The van der Waals surface area contributed by atoms with Crippen molar-refractivity contribution < 1.29 is 28.2 Å². The van der Waals surface area contributed by atoms with Crippen molar-refractivity contribution in [2.24, 2.45) is 0 Å². The van der Waals surface area contributed by atoms with E-state index < -0.39 is 29.8 Å². The van der Waals surface area contributed by atoms with E-state index in [9.17, 15) is 18.8 Å². The van der Waals surface area contributed by atoms with Gasteiger partial charge < -0.3 is 20.1 Å². The third-order valence-electron chi connectivity index (χ3n) is 4.96. The standard InChI is InChI=1S/C22H20FN3O5/c1-2-30-17-6-4-3-5-15(17)20-19-16(12-31-21(19)28)26(22(29)25-20)11-18(27)24-14-9-7-13(23)8-10-14/h3-10,20H,2,11-12H2,1H3,(H,24,27)(H,25,29). The molecule has 0 saturated heterocycles. The third kappa shape index (κ3) is 4.07. The number of benzene rings is 2. The minimum absolute atomic E-state index is 0.112. The molecular formula is C22H20FN3O5. The van der Waals surface area contributed by atoms with E-state index in [1.165, 1.54) is 29.2 Å². The van der Waals surface area contributed by atoms with Gasteiger partial charge in [0.1, 0.15) is 24.7 Å². The van der Waals surface area contributed by atoms with Crippen LogP contribution in [0.15, 0.2) is 59.8 Å². The number of urea groups is 1. The van der Waals surface area contributed by atoms with E-state index in [2.05, 4.69) is 10.6 Å². The Bertz CT molecular complexity index is 1070. The summed E-state index contributed by atoms with van der Waals surface area (Å²) in [5.41, 5.74) is 1.61. The van der Waals surface area contributed by atoms with Crippen molar-refractivity contribution in [2.45, 2.75) is 13.0 Å². The molecule has 31 heavy (non-hydrogen) atoms. The van der Waals surface area contributed by atoms with Crippen LogP contribution in [0.4, 0.5) is 14.9 Å². The van der Waals surface area contributed by atoms with Crippen LogP contribution >= 0.6 is 0 Å². The number of nitrogens with one attached hydrogen (secondary N) is 2. The van der Waals surface area contributed by atoms with Crippen molar-refractivity contribution >= 4 is 23.6 Å². The zero-order valence-corrected chi connectivity index (χ0v) is 16.7. The summed E-state index contributed by atoms with van der Waals surface area (Å²) in [7, 11) is 0. The topological polar surface area (TPSA) is 97.0 Å². The summed E-state index contributed by atoms with van der Waals surface area (Å²) in [4.78, 5) is 39.0. The van der Waals surface area contributed by atoms with Gasteiger partial charge in [-0.3, -0.25) is 9.69 Å². The zero-order valence-electron chi connectivity index (χ0n) is 16.7. The molecule has 0 radical (unpaired) electrons. The van der Waals surface area contributed by atoms with Gasteiger partial charge in [-0.2, -0.15) is 0 Å². The largest absolute Gasteiger partial charge is 0.494 e. The fourth-order valence-corrected chi connectivity index (χ4v) is 3.59. The maximum Gasteiger partial charge on any atom is 0.338 e. The molecular weight excluding hydrogens is 405 g/mol. The number of carbonyl (C=O) groups is 3. The van der Waals surface area contributed by atoms with Crippen LogP contribution in [0.5, 0.6) is 5.75 Å². The van der Waals surface area contributed by atoms with Crippen LogP contribution in [0.3, 0.4) is 0 Å². The number of carbonyl (C=O) groups excluding carboxylic acids is 3. The molecule has 160 valence electrons. The number of para-hydroxylation sites is 1. The number of cyclic esters (lactones) is 1. The molecule has 0 aromatic heterocycles. The molecule has 2 aromatic carbocycles. The first-order chi connectivity index (χ1) is 15.0. The minimum Gasteiger partial charge on any atom is -0.494 e. The summed E-state index contributed by atoms with van der Waals surface area (Å²) in [5.74, 6) is -0.941. The zero-order chi connectivity index (χ0) is 22.0. The molecule has 1 unspecified atom stereocenters. The van der Waals surface area contributed by atoms with Gasteiger partial charge in [-0.25, -0.2) is 14.0 Å². The molecule has 2 aromatic rings. The van der Waals surface area contributed by atoms with E-state index in [0.29, 0.717) is 29.3 Å². The molecule has 3 amide bonds. The van der Waals surface area contributed by atoms with E-state index in [0.717, 1.165) is 0 Å².